The summed E-state index contributed by atoms with van der Waals surface area (Å²) in [4.78, 5) is 29.1. The molecule has 1 aromatic heterocycles. The lowest BCUT2D eigenvalue weighted by Gasteiger charge is -2.11. The molecule has 0 saturated carbocycles. The fraction of sp³-hybridized carbons (Fsp3) is 0.158. The Bertz CT molecular complexity index is 1080. The zero-order valence-corrected chi connectivity index (χ0v) is 16.3. The van der Waals surface area contributed by atoms with E-state index >= 15 is 0 Å². The summed E-state index contributed by atoms with van der Waals surface area (Å²) in [5.74, 6) is 0.0832. The van der Waals surface area contributed by atoms with Crippen molar-refractivity contribution in [2.75, 3.05) is 10.6 Å². The van der Waals surface area contributed by atoms with E-state index in [9.17, 15) is 9.59 Å². The predicted octanol–water partition coefficient (Wildman–Crippen LogP) is 4.08. The van der Waals surface area contributed by atoms with Gasteiger partial charge in [0, 0.05) is 10.6 Å². The molecule has 7 nitrogen and oxygen atoms in total. The molecular formula is C19H15Cl2N5O2. The van der Waals surface area contributed by atoms with E-state index < -0.39 is 6.04 Å². The second-order valence-electron chi connectivity index (χ2n) is 6.45. The van der Waals surface area contributed by atoms with E-state index in [0.29, 0.717) is 27.5 Å². The van der Waals surface area contributed by atoms with Crippen molar-refractivity contribution in [1.29, 1.82) is 0 Å². The Morgan fingerprint density at radius 3 is 2.71 bits per heavy atom. The van der Waals surface area contributed by atoms with Crippen molar-refractivity contribution in [1.82, 2.24) is 14.8 Å². The number of nitrogens with zero attached hydrogens (tertiary/aromatic N) is 3. The number of carbonyl (C=O) groups is 2. The van der Waals surface area contributed by atoms with E-state index in [1.165, 1.54) is 4.68 Å². The zero-order chi connectivity index (χ0) is 19.8. The minimum absolute atomic E-state index is 0.113. The van der Waals surface area contributed by atoms with Crippen molar-refractivity contribution in [3.8, 4) is 11.4 Å². The standard InChI is InChI=1S/C19H15Cl2N5O2/c1-10-2-4-11(5-3-10)17-23-19-24-18(28)15(26(19)25-17)9-16(27)22-14-8-12(20)6-7-13(14)21/h2-8,15H,9H2,1H3,(H,22,27)(H,23,24,25,28)/t15-/m0/s1. The van der Waals surface area contributed by atoms with Crippen molar-refractivity contribution in [3.63, 3.8) is 0 Å². The molecule has 2 aromatic carbocycles. The van der Waals surface area contributed by atoms with Gasteiger partial charge in [-0.1, -0.05) is 53.0 Å². The molecule has 1 aliphatic heterocycles. The second-order valence-corrected chi connectivity index (χ2v) is 7.29. The average molecular weight is 416 g/mol. The molecule has 0 unspecified atom stereocenters. The van der Waals surface area contributed by atoms with Crippen LogP contribution in [0.2, 0.25) is 10.0 Å². The number of aryl methyl sites for hydroxylation is 1. The number of halogens is 2. The van der Waals surface area contributed by atoms with Gasteiger partial charge >= 0.3 is 0 Å². The Balaban J connectivity index is 1.53. The molecule has 0 bridgehead atoms. The molecule has 0 spiro atoms. The largest absolute Gasteiger partial charge is 0.325 e. The van der Waals surface area contributed by atoms with Gasteiger partial charge in [-0.25, -0.2) is 4.68 Å². The Hall–Kier alpha value is -2.90. The number of benzene rings is 2. The molecular weight excluding hydrogens is 401 g/mol. The third-order valence-electron chi connectivity index (χ3n) is 4.36. The molecule has 2 heterocycles. The molecule has 0 fully saturated rings. The van der Waals surface area contributed by atoms with E-state index in [1.54, 1.807) is 18.2 Å². The summed E-state index contributed by atoms with van der Waals surface area (Å²) in [6, 6.07) is 11.7. The fourth-order valence-electron chi connectivity index (χ4n) is 2.90. The van der Waals surface area contributed by atoms with Gasteiger partial charge in [0.2, 0.25) is 11.9 Å². The van der Waals surface area contributed by atoms with Gasteiger partial charge < -0.3 is 5.32 Å². The summed E-state index contributed by atoms with van der Waals surface area (Å²) >= 11 is 12.0. The molecule has 1 aliphatic rings. The first-order chi connectivity index (χ1) is 13.4. The summed E-state index contributed by atoms with van der Waals surface area (Å²) in [6.45, 7) is 1.99. The van der Waals surface area contributed by atoms with E-state index in [0.717, 1.165) is 11.1 Å². The van der Waals surface area contributed by atoms with E-state index in [2.05, 4.69) is 20.7 Å². The lowest BCUT2D eigenvalue weighted by Crippen LogP contribution is -2.23. The van der Waals surface area contributed by atoms with E-state index in [1.807, 2.05) is 31.2 Å². The number of rotatable bonds is 4. The molecule has 3 aromatic rings. The smallest absolute Gasteiger partial charge is 0.252 e. The summed E-state index contributed by atoms with van der Waals surface area (Å²) in [5, 5.41) is 10.6. The molecule has 9 heteroatoms. The second kappa shape index (κ2) is 7.26. The highest BCUT2D eigenvalue weighted by atomic mass is 35.5. The summed E-state index contributed by atoms with van der Waals surface area (Å²) in [5.41, 5.74) is 2.34. The molecule has 1 atom stereocenters. The van der Waals surface area contributed by atoms with Crippen LogP contribution in [-0.2, 0) is 9.59 Å². The zero-order valence-electron chi connectivity index (χ0n) is 14.7. The van der Waals surface area contributed by atoms with Crippen LogP contribution < -0.4 is 10.6 Å². The van der Waals surface area contributed by atoms with Crippen molar-refractivity contribution in [2.45, 2.75) is 19.4 Å². The number of amides is 2. The van der Waals surface area contributed by atoms with Crippen LogP contribution in [0.1, 0.15) is 18.0 Å². The van der Waals surface area contributed by atoms with Gasteiger partial charge in [-0.3, -0.25) is 14.9 Å². The van der Waals surface area contributed by atoms with Gasteiger partial charge in [0.25, 0.3) is 5.91 Å². The molecule has 0 aliphatic carbocycles. The number of hydrogen-bond donors (Lipinski definition) is 2. The van der Waals surface area contributed by atoms with Crippen LogP contribution in [0.25, 0.3) is 11.4 Å². The van der Waals surface area contributed by atoms with Gasteiger partial charge in [0.1, 0.15) is 6.04 Å². The highest BCUT2D eigenvalue weighted by Crippen LogP contribution is 2.30. The van der Waals surface area contributed by atoms with Gasteiger partial charge in [-0.2, -0.15) is 4.98 Å². The summed E-state index contributed by atoms with van der Waals surface area (Å²) in [7, 11) is 0. The Morgan fingerprint density at radius 2 is 1.96 bits per heavy atom. The molecule has 28 heavy (non-hydrogen) atoms. The number of aromatic nitrogens is 3. The molecule has 142 valence electrons. The van der Waals surface area contributed by atoms with Crippen LogP contribution in [0.15, 0.2) is 42.5 Å². The van der Waals surface area contributed by atoms with Crippen LogP contribution in [0.4, 0.5) is 11.6 Å². The predicted molar refractivity (Wildman–Crippen MR) is 108 cm³/mol. The Kier molecular flexibility index (Phi) is 4.78. The summed E-state index contributed by atoms with van der Waals surface area (Å²) in [6.07, 6.45) is -0.113. The average Bonchev–Trinajstić information content (AvgIpc) is 3.18. The number of carbonyl (C=O) groups excluding carboxylic acids is 2. The molecule has 0 radical (unpaired) electrons. The van der Waals surface area contributed by atoms with Gasteiger partial charge in [-0.05, 0) is 25.1 Å². The van der Waals surface area contributed by atoms with Crippen LogP contribution in [0.3, 0.4) is 0 Å². The normalized spacial score (nSPS) is 15.2. The minimum atomic E-state index is -0.792. The third-order valence-corrected chi connectivity index (χ3v) is 4.92. The Labute approximate surface area is 170 Å². The number of hydrogen-bond acceptors (Lipinski definition) is 4. The van der Waals surface area contributed by atoms with Crippen LogP contribution in [0.5, 0.6) is 0 Å². The first-order valence-corrected chi connectivity index (χ1v) is 9.25. The first kappa shape index (κ1) is 18.5. The maximum atomic E-state index is 12.4. The lowest BCUT2D eigenvalue weighted by molar-refractivity contribution is -0.123. The Morgan fingerprint density at radius 1 is 1.21 bits per heavy atom. The van der Waals surface area contributed by atoms with Crippen LogP contribution in [-0.4, -0.2) is 26.6 Å². The SMILES string of the molecule is Cc1ccc(-c2nc3n(n2)[C@@H](CC(=O)Nc2cc(Cl)ccc2Cl)C(=O)N3)cc1. The van der Waals surface area contributed by atoms with Gasteiger partial charge in [-0.15, -0.1) is 5.10 Å². The van der Waals surface area contributed by atoms with Crippen LogP contribution in [0, 0.1) is 6.92 Å². The summed E-state index contributed by atoms with van der Waals surface area (Å²) < 4.78 is 1.44. The van der Waals surface area contributed by atoms with Crippen molar-refractivity contribution >= 4 is 46.7 Å². The van der Waals surface area contributed by atoms with Gasteiger partial charge in [0.15, 0.2) is 5.82 Å². The highest BCUT2D eigenvalue weighted by molar-refractivity contribution is 6.35. The monoisotopic (exact) mass is 415 g/mol. The topological polar surface area (TPSA) is 88.9 Å². The maximum Gasteiger partial charge on any atom is 0.252 e. The van der Waals surface area contributed by atoms with Gasteiger partial charge in [0.05, 0.1) is 17.1 Å². The van der Waals surface area contributed by atoms with Crippen molar-refractivity contribution < 1.29 is 9.59 Å². The van der Waals surface area contributed by atoms with Crippen molar-refractivity contribution in [2.24, 2.45) is 0 Å². The number of fused-ring (bicyclic) bond motifs is 1. The molecule has 2 amide bonds. The maximum absolute atomic E-state index is 12.4. The lowest BCUT2D eigenvalue weighted by atomic mass is 10.1. The molecule has 4 rings (SSSR count). The highest BCUT2D eigenvalue weighted by Gasteiger charge is 2.35. The minimum Gasteiger partial charge on any atom is -0.325 e. The van der Waals surface area contributed by atoms with Crippen molar-refractivity contribution in [3.05, 3.63) is 58.1 Å². The number of anilines is 2. The van der Waals surface area contributed by atoms with E-state index in [4.69, 9.17) is 23.2 Å². The molecule has 2 N–H and O–H groups in total. The number of nitrogens with one attached hydrogen (secondary N) is 2. The van der Waals surface area contributed by atoms with E-state index in [-0.39, 0.29) is 18.2 Å². The van der Waals surface area contributed by atoms with Crippen LogP contribution >= 0.6 is 23.2 Å². The molecule has 0 saturated heterocycles. The quantitative estimate of drug-likeness (QED) is 0.671. The third kappa shape index (κ3) is 3.58. The first-order valence-electron chi connectivity index (χ1n) is 8.50. The fourth-order valence-corrected chi connectivity index (χ4v) is 3.24.